The van der Waals surface area contributed by atoms with E-state index in [1.165, 1.54) is 0 Å². The van der Waals surface area contributed by atoms with Crippen molar-refractivity contribution in [2.75, 3.05) is 0 Å². The average Bonchev–Trinajstić information content (AvgIpc) is 2.60. The van der Waals surface area contributed by atoms with Crippen molar-refractivity contribution in [2.24, 2.45) is 0 Å². The first-order chi connectivity index (χ1) is 12.7. The molecule has 7 heteroatoms. The Hall–Kier alpha value is -2.38. The summed E-state index contributed by atoms with van der Waals surface area (Å²) in [6.45, 7) is 4.91. The Kier molecular flexibility index (Phi) is 6.98. The van der Waals surface area contributed by atoms with Crippen molar-refractivity contribution >= 4 is 16.1 Å². The van der Waals surface area contributed by atoms with Gasteiger partial charge in [0.2, 0.25) is 10.0 Å². The van der Waals surface area contributed by atoms with E-state index in [1.807, 2.05) is 60.7 Å². The maximum absolute atomic E-state index is 12.5. The van der Waals surface area contributed by atoms with Crippen LogP contribution in [-0.2, 0) is 27.8 Å². The number of amides is 1. The van der Waals surface area contributed by atoms with Crippen molar-refractivity contribution in [3.05, 3.63) is 71.8 Å². The number of ether oxygens (including phenoxy) is 1. The fourth-order valence-electron chi connectivity index (χ4n) is 2.24. The highest BCUT2D eigenvalue weighted by Gasteiger charge is 2.32. The van der Waals surface area contributed by atoms with Gasteiger partial charge in [0, 0.05) is 6.42 Å². The largest absolute Gasteiger partial charge is 0.445 e. The molecule has 0 fully saturated rings. The minimum absolute atomic E-state index is 0.108. The normalized spacial score (nSPS) is 13.0. The van der Waals surface area contributed by atoms with Gasteiger partial charge in [-0.2, -0.15) is 4.72 Å². The van der Waals surface area contributed by atoms with Gasteiger partial charge < -0.3 is 10.1 Å². The molecule has 2 N–H and O–H groups in total. The highest BCUT2D eigenvalue weighted by atomic mass is 32.2. The first-order valence-electron chi connectivity index (χ1n) is 8.70. The average molecular weight is 391 g/mol. The minimum Gasteiger partial charge on any atom is -0.445 e. The second-order valence-electron chi connectivity index (χ2n) is 7.18. The lowest BCUT2D eigenvalue weighted by Gasteiger charge is -2.26. The molecule has 6 nitrogen and oxygen atoms in total. The lowest BCUT2D eigenvalue weighted by atomic mass is 10.1. The van der Waals surface area contributed by atoms with Crippen molar-refractivity contribution in [1.82, 2.24) is 10.0 Å². The molecule has 0 saturated heterocycles. The van der Waals surface area contributed by atoms with Crippen LogP contribution in [0.5, 0.6) is 0 Å². The highest BCUT2D eigenvalue weighted by Crippen LogP contribution is 2.14. The molecule has 2 rings (SSSR count). The molecule has 0 spiro atoms. The van der Waals surface area contributed by atoms with Gasteiger partial charge in [-0.3, -0.25) is 0 Å². The first-order valence-corrected chi connectivity index (χ1v) is 10.2. The van der Waals surface area contributed by atoms with E-state index in [0.29, 0.717) is 6.42 Å². The zero-order valence-electron chi connectivity index (χ0n) is 15.8. The second-order valence-corrected chi connectivity index (χ2v) is 9.65. The number of nitrogens with one attached hydrogen (secondary N) is 2. The Morgan fingerprint density at radius 2 is 1.48 bits per heavy atom. The Labute approximate surface area is 161 Å². The summed E-state index contributed by atoms with van der Waals surface area (Å²) >= 11 is 0. The van der Waals surface area contributed by atoms with Crippen LogP contribution < -0.4 is 10.0 Å². The first kappa shape index (κ1) is 20.9. The summed E-state index contributed by atoms with van der Waals surface area (Å²) < 4.78 is 31.8. The summed E-state index contributed by atoms with van der Waals surface area (Å²) in [6, 6.07) is 18.6. The fourth-order valence-corrected chi connectivity index (χ4v) is 3.11. The van der Waals surface area contributed by atoms with Crippen LogP contribution in [0.2, 0.25) is 0 Å². The SMILES string of the molecule is CC(C)(C)S(=O)(=O)N[C@@H](Cc1ccccc1)NC(=O)OCc1ccccc1. The number of rotatable bonds is 7. The smallest absolute Gasteiger partial charge is 0.408 e. The number of alkyl carbamates (subject to hydrolysis) is 1. The van der Waals surface area contributed by atoms with Gasteiger partial charge in [0.15, 0.2) is 0 Å². The molecule has 1 amide bonds. The van der Waals surface area contributed by atoms with Crippen molar-refractivity contribution in [1.29, 1.82) is 0 Å². The standard InChI is InChI=1S/C20H26N2O4S/c1-20(2,3)27(24,25)22-18(14-16-10-6-4-7-11-16)21-19(23)26-15-17-12-8-5-9-13-17/h4-13,18,22H,14-15H2,1-3H3,(H,21,23)/t18-/m0/s1. The zero-order valence-corrected chi connectivity index (χ0v) is 16.6. The van der Waals surface area contributed by atoms with Crippen molar-refractivity contribution in [3.8, 4) is 0 Å². The monoisotopic (exact) mass is 390 g/mol. The summed E-state index contributed by atoms with van der Waals surface area (Å²) in [7, 11) is -3.65. The van der Waals surface area contributed by atoms with Crippen molar-refractivity contribution < 1.29 is 17.9 Å². The van der Waals surface area contributed by atoms with Crippen LogP contribution in [0.15, 0.2) is 60.7 Å². The highest BCUT2D eigenvalue weighted by molar-refractivity contribution is 7.90. The quantitative estimate of drug-likeness (QED) is 0.711. The van der Waals surface area contributed by atoms with Crippen LogP contribution in [-0.4, -0.2) is 25.4 Å². The molecule has 0 aromatic heterocycles. The van der Waals surface area contributed by atoms with E-state index in [1.54, 1.807) is 20.8 Å². The number of carbonyl (C=O) groups excluding carboxylic acids is 1. The van der Waals surface area contributed by atoms with E-state index in [9.17, 15) is 13.2 Å². The fraction of sp³-hybridized carbons (Fsp3) is 0.350. The Morgan fingerprint density at radius 1 is 0.963 bits per heavy atom. The van der Waals surface area contributed by atoms with Gasteiger partial charge >= 0.3 is 6.09 Å². The molecular weight excluding hydrogens is 364 g/mol. The van der Waals surface area contributed by atoms with Crippen molar-refractivity contribution in [3.63, 3.8) is 0 Å². The lowest BCUT2D eigenvalue weighted by molar-refractivity contribution is 0.135. The molecule has 0 aliphatic heterocycles. The number of benzene rings is 2. The van der Waals surface area contributed by atoms with Crippen LogP contribution in [0.25, 0.3) is 0 Å². The van der Waals surface area contributed by atoms with Gasteiger partial charge in [0.1, 0.15) is 12.8 Å². The molecule has 0 bridgehead atoms. The molecular formula is C20H26N2O4S. The molecule has 0 aliphatic rings. The van der Waals surface area contributed by atoms with E-state index < -0.39 is 27.0 Å². The molecule has 2 aromatic rings. The van der Waals surface area contributed by atoms with Gasteiger partial charge in [-0.05, 0) is 31.9 Å². The summed E-state index contributed by atoms with van der Waals surface area (Å²) in [5.74, 6) is 0. The number of sulfonamides is 1. The summed E-state index contributed by atoms with van der Waals surface area (Å²) in [5, 5.41) is 2.61. The van der Waals surface area contributed by atoms with E-state index in [0.717, 1.165) is 11.1 Å². The van der Waals surface area contributed by atoms with Crippen LogP contribution in [0.3, 0.4) is 0 Å². The van der Waals surface area contributed by atoms with Gasteiger partial charge in [-0.25, -0.2) is 13.2 Å². The second kappa shape index (κ2) is 9.01. The van der Waals surface area contributed by atoms with E-state index in [4.69, 9.17) is 4.74 Å². The van der Waals surface area contributed by atoms with Crippen LogP contribution in [0, 0.1) is 0 Å². The van der Waals surface area contributed by atoms with Gasteiger partial charge in [0.05, 0.1) is 4.75 Å². The Balaban J connectivity index is 2.05. The minimum atomic E-state index is -3.65. The molecule has 146 valence electrons. The predicted octanol–water partition coefficient (Wildman–Crippen LogP) is 3.20. The maximum Gasteiger partial charge on any atom is 0.408 e. The Bertz CT molecular complexity index is 831. The third-order valence-corrected chi connectivity index (χ3v) is 6.10. The number of carbonyl (C=O) groups is 1. The molecule has 0 unspecified atom stereocenters. The molecule has 0 heterocycles. The zero-order chi connectivity index (χ0) is 19.9. The maximum atomic E-state index is 12.5. The van der Waals surface area contributed by atoms with Gasteiger partial charge in [0.25, 0.3) is 0 Å². The van der Waals surface area contributed by atoms with E-state index >= 15 is 0 Å². The lowest BCUT2D eigenvalue weighted by Crippen LogP contribution is -2.53. The van der Waals surface area contributed by atoms with Crippen molar-refractivity contribution in [2.45, 2.75) is 44.7 Å². The van der Waals surface area contributed by atoms with Crippen LogP contribution in [0.1, 0.15) is 31.9 Å². The number of hydrogen-bond donors (Lipinski definition) is 2. The summed E-state index contributed by atoms with van der Waals surface area (Å²) in [5.41, 5.74) is 1.74. The summed E-state index contributed by atoms with van der Waals surface area (Å²) in [6.07, 6.45) is -1.20. The third kappa shape index (κ3) is 6.69. The molecule has 27 heavy (non-hydrogen) atoms. The predicted molar refractivity (Wildman–Crippen MR) is 106 cm³/mol. The van der Waals surface area contributed by atoms with Gasteiger partial charge in [-0.15, -0.1) is 0 Å². The number of hydrogen-bond acceptors (Lipinski definition) is 4. The topological polar surface area (TPSA) is 84.5 Å². The van der Waals surface area contributed by atoms with Gasteiger partial charge in [-0.1, -0.05) is 60.7 Å². The Morgan fingerprint density at radius 3 is 2.00 bits per heavy atom. The van der Waals surface area contributed by atoms with Crippen LogP contribution in [0.4, 0.5) is 4.79 Å². The summed E-state index contributed by atoms with van der Waals surface area (Å²) in [4.78, 5) is 12.2. The molecule has 0 aliphatic carbocycles. The van der Waals surface area contributed by atoms with Crippen LogP contribution >= 0.6 is 0 Å². The van der Waals surface area contributed by atoms with E-state index in [-0.39, 0.29) is 6.61 Å². The molecule has 0 saturated carbocycles. The van der Waals surface area contributed by atoms with E-state index in [2.05, 4.69) is 10.0 Å². The third-order valence-electron chi connectivity index (χ3n) is 3.89. The molecule has 1 atom stereocenters. The molecule has 2 aromatic carbocycles. The molecule has 0 radical (unpaired) electrons.